The van der Waals surface area contributed by atoms with Gasteiger partial charge in [0.25, 0.3) is 0 Å². The van der Waals surface area contributed by atoms with Gasteiger partial charge >= 0.3 is 0 Å². The fourth-order valence-corrected chi connectivity index (χ4v) is 7.20. The number of ether oxygens (including phenoxy) is 1. The maximum atomic E-state index is 10.9. The minimum atomic E-state index is -0.832. The molecule has 0 amide bonds. The molecule has 116 valence electrons. The first-order valence-corrected chi connectivity index (χ1v) is 10.3. The van der Waals surface area contributed by atoms with Gasteiger partial charge in [0.2, 0.25) is 0 Å². The van der Waals surface area contributed by atoms with Crippen LogP contribution < -0.4 is 4.74 Å². The Morgan fingerprint density at radius 3 is 2.18 bits per heavy atom. The molecule has 0 spiro atoms. The van der Waals surface area contributed by atoms with Gasteiger partial charge in [0.1, 0.15) is 17.1 Å². The Balaban J connectivity index is 1.73. The molecular formula is C17H18O2S3. The summed E-state index contributed by atoms with van der Waals surface area (Å²) in [5.74, 6) is 1.60. The lowest BCUT2D eigenvalue weighted by Crippen LogP contribution is -2.33. The number of hydrogen-bond acceptors (Lipinski definition) is 5. The molecule has 1 N–H and O–H groups in total. The highest BCUT2D eigenvalue weighted by atomic mass is 32.3. The summed E-state index contributed by atoms with van der Waals surface area (Å²) >= 11 is 5.54. The quantitative estimate of drug-likeness (QED) is 0.824. The van der Waals surface area contributed by atoms with Crippen molar-refractivity contribution in [2.75, 3.05) is 10.2 Å². The first-order chi connectivity index (χ1) is 10.7. The predicted molar refractivity (Wildman–Crippen MR) is 98.8 cm³/mol. The summed E-state index contributed by atoms with van der Waals surface area (Å²) in [7, 11) is 0. The molecule has 1 unspecified atom stereocenters. The molecule has 22 heavy (non-hydrogen) atoms. The lowest BCUT2D eigenvalue weighted by atomic mass is 9.98. The van der Waals surface area contributed by atoms with Crippen LogP contribution in [0.3, 0.4) is 0 Å². The zero-order valence-electron chi connectivity index (χ0n) is 12.3. The van der Waals surface area contributed by atoms with Gasteiger partial charge in [0, 0.05) is 10.2 Å². The summed E-state index contributed by atoms with van der Waals surface area (Å²) in [5.41, 5.74) is 0.103. The van der Waals surface area contributed by atoms with E-state index in [-0.39, 0.29) is 4.58 Å². The second-order valence-corrected chi connectivity index (χ2v) is 9.39. The third-order valence-corrected chi connectivity index (χ3v) is 8.24. The molecule has 0 bridgehead atoms. The van der Waals surface area contributed by atoms with Crippen LogP contribution in [0.5, 0.6) is 11.5 Å². The number of benzene rings is 2. The van der Waals surface area contributed by atoms with E-state index < -0.39 is 5.60 Å². The number of aliphatic hydroxyl groups is 1. The molecule has 1 atom stereocenters. The van der Waals surface area contributed by atoms with Crippen LogP contribution in [0, 0.1) is 0 Å². The molecule has 1 fully saturated rings. The van der Waals surface area contributed by atoms with Crippen LogP contribution in [0.15, 0.2) is 54.6 Å². The lowest BCUT2D eigenvalue weighted by Gasteiger charge is -2.34. The Hall–Kier alpha value is -0.750. The van der Waals surface area contributed by atoms with Gasteiger partial charge in [-0.1, -0.05) is 30.3 Å². The smallest absolute Gasteiger partial charge is 0.127 e. The molecule has 1 heterocycles. The Labute approximate surface area is 144 Å². The molecule has 3 rings (SSSR count). The Morgan fingerprint density at radius 2 is 1.55 bits per heavy atom. The Morgan fingerprint density at radius 1 is 0.955 bits per heavy atom. The standard InChI is InChI=1S/C17H18O2S3/c1-17(18,16-21-11-20-12-22-16)13-7-9-15(10-8-13)19-14-5-3-2-4-6-14/h2-10,16,18H,11-12H2,1H3. The van der Waals surface area contributed by atoms with E-state index in [2.05, 4.69) is 0 Å². The van der Waals surface area contributed by atoms with Gasteiger partial charge in [-0.2, -0.15) is 0 Å². The van der Waals surface area contributed by atoms with Gasteiger partial charge in [-0.15, -0.1) is 35.3 Å². The molecule has 1 saturated heterocycles. The Bertz CT molecular complexity index is 593. The third kappa shape index (κ3) is 3.77. The summed E-state index contributed by atoms with van der Waals surface area (Å²) in [6.07, 6.45) is 0. The highest BCUT2D eigenvalue weighted by Gasteiger charge is 2.36. The minimum absolute atomic E-state index is 0.176. The highest BCUT2D eigenvalue weighted by molar-refractivity contribution is 8.32. The molecule has 5 heteroatoms. The number of rotatable bonds is 4. The first-order valence-electron chi connectivity index (χ1n) is 7.03. The second kappa shape index (κ2) is 7.21. The van der Waals surface area contributed by atoms with Gasteiger partial charge in [0.05, 0.1) is 4.58 Å². The van der Waals surface area contributed by atoms with Crippen molar-refractivity contribution < 1.29 is 9.84 Å². The van der Waals surface area contributed by atoms with Crippen molar-refractivity contribution >= 4 is 35.3 Å². The Kier molecular flexibility index (Phi) is 5.29. The van der Waals surface area contributed by atoms with E-state index in [0.29, 0.717) is 0 Å². The molecule has 0 saturated carbocycles. The molecule has 1 aliphatic heterocycles. The van der Waals surface area contributed by atoms with E-state index in [9.17, 15) is 5.11 Å². The van der Waals surface area contributed by atoms with Crippen LogP contribution in [0.1, 0.15) is 12.5 Å². The van der Waals surface area contributed by atoms with Crippen molar-refractivity contribution in [3.63, 3.8) is 0 Å². The summed E-state index contributed by atoms with van der Waals surface area (Å²) in [5, 5.41) is 13.0. The van der Waals surface area contributed by atoms with Crippen molar-refractivity contribution in [1.29, 1.82) is 0 Å². The van der Waals surface area contributed by atoms with Crippen molar-refractivity contribution in [2.45, 2.75) is 17.1 Å². The minimum Gasteiger partial charge on any atom is -0.457 e. The van der Waals surface area contributed by atoms with Crippen molar-refractivity contribution in [3.05, 3.63) is 60.2 Å². The average Bonchev–Trinajstić information content (AvgIpc) is 2.57. The molecule has 2 aromatic carbocycles. The predicted octanol–water partition coefficient (Wildman–Crippen LogP) is 5.14. The molecule has 0 aliphatic carbocycles. The third-order valence-electron chi connectivity index (χ3n) is 3.48. The summed E-state index contributed by atoms with van der Waals surface area (Å²) in [6, 6.07) is 17.5. The maximum Gasteiger partial charge on any atom is 0.127 e. The van der Waals surface area contributed by atoms with Crippen LogP contribution in [-0.2, 0) is 5.60 Å². The second-order valence-electron chi connectivity index (χ2n) is 5.19. The van der Waals surface area contributed by atoms with E-state index in [1.54, 1.807) is 0 Å². The van der Waals surface area contributed by atoms with Gasteiger partial charge < -0.3 is 9.84 Å². The van der Waals surface area contributed by atoms with E-state index in [1.807, 2.05) is 96.8 Å². The van der Waals surface area contributed by atoms with Gasteiger partial charge in [0.15, 0.2) is 0 Å². The molecule has 2 aromatic rings. The van der Waals surface area contributed by atoms with E-state index >= 15 is 0 Å². The molecule has 1 aliphatic rings. The fourth-order valence-electron chi connectivity index (χ4n) is 2.25. The fraction of sp³-hybridized carbons (Fsp3) is 0.294. The molecule has 2 nitrogen and oxygen atoms in total. The van der Waals surface area contributed by atoms with Crippen molar-refractivity contribution in [1.82, 2.24) is 0 Å². The zero-order valence-corrected chi connectivity index (χ0v) is 14.7. The summed E-state index contributed by atoms with van der Waals surface area (Å²) < 4.78 is 5.97. The number of para-hydroxylation sites is 1. The molecular weight excluding hydrogens is 332 g/mol. The van der Waals surface area contributed by atoms with Crippen LogP contribution in [0.4, 0.5) is 0 Å². The van der Waals surface area contributed by atoms with Crippen LogP contribution >= 0.6 is 35.3 Å². The van der Waals surface area contributed by atoms with Crippen molar-refractivity contribution in [3.8, 4) is 11.5 Å². The van der Waals surface area contributed by atoms with Gasteiger partial charge in [-0.3, -0.25) is 0 Å². The number of thioether (sulfide) groups is 3. The summed E-state index contributed by atoms with van der Waals surface area (Å²) in [6.45, 7) is 1.90. The van der Waals surface area contributed by atoms with Crippen LogP contribution in [0.25, 0.3) is 0 Å². The van der Waals surface area contributed by atoms with E-state index in [0.717, 1.165) is 27.2 Å². The van der Waals surface area contributed by atoms with Crippen molar-refractivity contribution in [2.24, 2.45) is 0 Å². The largest absolute Gasteiger partial charge is 0.457 e. The SMILES string of the molecule is CC(O)(c1ccc(Oc2ccccc2)cc1)C1SCSCS1. The maximum absolute atomic E-state index is 10.9. The number of hydrogen-bond donors (Lipinski definition) is 1. The van der Waals surface area contributed by atoms with E-state index in [1.165, 1.54) is 0 Å². The van der Waals surface area contributed by atoms with Crippen LogP contribution in [-0.4, -0.2) is 19.9 Å². The highest BCUT2D eigenvalue weighted by Crippen LogP contribution is 2.46. The monoisotopic (exact) mass is 350 g/mol. The zero-order chi connectivity index (χ0) is 15.4. The topological polar surface area (TPSA) is 29.5 Å². The van der Waals surface area contributed by atoms with Crippen LogP contribution in [0.2, 0.25) is 0 Å². The molecule has 0 aromatic heterocycles. The lowest BCUT2D eigenvalue weighted by molar-refractivity contribution is 0.0757. The molecule has 0 radical (unpaired) electrons. The average molecular weight is 351 g/mol. The van der Waals surface area contributed by atoms with Gasteiger partial charge in [-0.05, 0) is 36.8 Å². The van der Waals surface area contributed by atoms with E-state index in [4.69, 9.17) is 4.74 Å². The summed E-state index contributed by atoms with van der Waals surface area (Å²) in [4.78, 5) is 0. The first kappa shape index (κ1) is 16.1. The normalized spacial score (nSPS) is 18.6. The van der Waals surface area contributed by atoms with Gasteiger partial charge in [-0.25, -0.2) is 0 Å².